The lowest BCUT2D eigenvalue weighted by Crippen LogP contribution is -2.44. The second kappa shape index (κ2) is 8.07. The Bertz CT molecular complexity index is 1210. The Morgan fingerprint density at radius 1 is 1.00 bits per heavy atom. The molecule has 1 fully saturated rings. The first-order valence-corrected chi connectivity index (χ1v) is 9.71. The number of likely N-dealkylation sites (N-methyl/N-ethyl adjacent to an activating group) is 1. The number of fused-ring (bicyclic) bond motifs is 1. The number of carboxylic acids is 1. The molecule has 0 atom stereocenters. The smallest absolute Gasteiger partial charge is 0.341 e. The van der Waals surface area contributed by atoms with E-state index in [4.69, 9.17) is 0 Å². The number of anilines is 1. The first-order chi connectivity index (χ1) is 14.7. The van der Waals surface area contributed by atoms with E-state index in [0.717, 1.165) is 43.6 Å². The zero-order valence-electron chi connectivity index (χ0n) is 16.7. The van der Waals surface area contributed by atoms with Gasteiger partial charge in [0.1, 0.15) is 23.0 Å². The molecule has 1 aliphatic heterocycles. The van der Waals surface area contributed by atoms with Crippen molar-refractivity contribution in [3.63, 3.8) is 0 Å². The van der Waals surface area contributed by atoms with Crippen molar-refractivity contribution in [3.05, 3.63) is 75.3 Å². The highest BCUT2D eigenvalue weighted by Gasteiger charge is 2.21. The van der Waals surface area contributed by atoms with Gasteiger partial charge in [-0.05, 0) is 36.9 Å². The lowest BCUT2D eigenvalue weighted by atomic mass is 10.1. The Labute approximate surface area is 175 Å². The summed E-state index contributed by atoms with van der Waals surface area (Å²) in [5.74, 6) is -3.64. The van der Waals surface area contributed by atoms with Crippen molar-refractivity contribution in [3.8, 4) is 0 Å². The molecule has 1 N–H and O–H groups in total. The van der Waals surface area contributed by atoms with Crippen molar-refractivity contribution in [1.29, 1.82) is 0 Å². The van der Waals surface area contributed by atoms with E-state index in [-0.39, 0.29) is 23.0 Å². The van der Waals surface area contributed by atoms with Gasteiger partial charge in [-0.3, -0.25) is 4.79 Å². The summed E-state index contributed by atoms with van der Waals surface area (Å²) in [6.07, 6.45) is 1.13. The van der Waals surface area contributed by atoms with Gasteiger partial charge < -0.3 is 19.5 Å². The number of halogens is 3. The van der Waals surface area contributed by atoms with Crippen LogP contribution in [-0.4, -0.2) is 53.8 Å². The highest BCUT2D eigenvalue weighted by molar-refractivity contribution is 5.93. The maximum Gasteiger partial charge on any atom is 0.341 e. The predicted molar refractivity (Wildman–Crippen MR) is 110 cm³/mol. The highest BCUT2D eigenvalue weighted by Crippen LogP contribution is 2.27. The van der Waals surface area contributed by atoms with Crippen LogP contribution < -0.4 is 10.3 Å². The number of carboxylic acid groups (broad SMARTS) is 1. The maximum atomic E-state index is 14.9. The molecule has 3 aromatic rings. The van der Waals surface area contributed by atoms with Crippen LogP contribution in [0.4, 0.5) is 18.9 Å². The van der Waals surface area contributed by atoms with E-state index >= 15 is 0 Å². The minimum atomic E-state index is -1.46. The van der Waals surface area contributed by atoms with E-state index in [1.165, 1.54) is 10.6 Å². The SMILES string of the molecule is CN1CCN(c2cc3c(cc2F)c(=O)c(C(=O)O)cn3Cc2cc(F)cc(F)c2)CC1. The van der Waals surface area contributed by atoms with Crippen LogP contribution in [0.5, 0.6) is 0 Å². The van der Waals surface area contributed by atoms with Gasteiger partial charge in [0, 0.05) is 50.4 Å². The fourth-order valence-electron chi connectivity index (χ4n) is 3.87. The molecule has 1 aromatic heterocycles. The Morgan fingerprint density at radius 3 is 2.26 bits per heavy atom. The van der Waals surface area contributed by atoms with E-state index < -0.39 is 34.4 Å². The molecule has 1 saturated heterocycles. The normalized spacial score (nSPS) is 14.9. The van der Waals surface area contributed by atoms with Gasteiger partial charge >= 0.3 is 5.97 Å². The van der Waals surface area contributed by atoms with Crippen LogP contribution >= 0.6 is 0 Å². The Kier molecular flexibility index (Phi) is 5.45. The number of nitrogens with zero attached hydrogens (tertiary/aromatic N) is 3. The van der Waals surface area contributed by atoms with Gasteiger partial charge in [-0.2, -0.15) is 0 Å². The molecule has 31 heavy (non-hydrogen) atoms. The monoisotopic (exact) mass is 431 g/mol. The van der Waals surface area contributed by atoms with Crippen LogP contribution in [0, 0.1) is 17.5 Å². The van der Waals surface area contributed by atoms with Crippen LogP contribution in [0.3, 0.4) is 0 Å². The van der Waals surface area contributed by atoms with Crippen LogP contribution in [0.1, 0.15) is 15.9 Å². The van der Waals surface area contributed by atoms with Gasteiger partial charge in [-0.15, -0.1) is 0 Å². The largest absolute Gasteiger partial charge is 0.477 e. The maximum absolute atomic E-state index is 14.9. The number of hydrogen-bond acceptors (Lipinski definition) is 4. The molecular formula is C22H20F3N3O3. The molecule has 1 aliphatic rings. The summed E-state index contributed by atoms with van der Waals surface area (Å²) in [5, 5.41) is 9.31. The molecule has 2 heterocycles. The van der Waals surface area contributed by atoms with Crippen molar-refractivity contribution in [2.75, 3.05) is 38.1 Å². The van der Waals surface area contributed by atoms with Crippen molar-refractivity contribution in [2.45, 2.75) is 6.54 Å². The third-order valence-electron chi connectivity index (χ3n) is 5.50. The molecule has 4 rings (SSSR count). The number of piperazine rings is 1. The first kappa shape index (κ1) is 20.9. The average Bonchev–Trinajstić information content (AvgIpc) is 2.69. The van der Waals surface area contributed by atoms with Gasteiger partial charge in [0.2, 0.25) is 5.43 Å². The second-order valence-electron chi connectivity index (χ2n) is 7.69. The van der Waals surface area contributed by atoms with Crippen LogP contribution in [-0.2, 0) is 6.54 Å². The van der Waals surface area contributed by atoms with Crippen molar-refractivity contribution >= 4 is 22.6 Å². The summed E-state index contributed by atoms with van der Waals surface area (Å²) in [6.45, 7) is 2.56. The number of aromatic nitrogens is 1. The van der Waals surface area contributed by atoms with Gasteiger partial charge in [0.15, 0.2) is 0 Å². The van der Waals surface area contributed by atoms with E-state index in [1.807, 2.05) is 11.9 Å². The van der Waals surface area contributed by atoms with Gasteiger partial charge in [-0.25, -0.2) is 18.0 Å². The molecule has 162 valence electrons. The zero-order chi connectivity index (χ0) is 22.3. The highest BCUT2D eigenvalue weighted by atomic mass is 19.1. The standard InChI is InChI=1S/C22H20F3N3O3/c1-26-2-4-27(5-3-26)20-10-19-16(9-18(20)25)21(29)17(22(30)31)12-28(19)11-13-6-14(23)8-15(24)7-13/h6-10,12H,2-5,11H2,1H3,(H,30,31). The Morgan fingerprint density at radius 2 is 1.65 bits per heavy atom. The van der Waals surface area contributed by atoms with E-state index in [0.29, 0.717) is 18.8 Å². The summed E-state index contributed by atoms with van der Waals surface area (Å²) in [5.41, 5.74) is -0.536. The number of rotatable bonds is 4. The minimum Gasteiger partial charge on any atom is -0.477 e. The van der Waals surface area contributed by atoms with E-state index in [1.54, 1.807) is 0 Å². The van der Waals surface area contributed by atoms with Gasteiger partial charge in [0.25, 0.3) is 0 Å². The summed E-state index contributed by atoms with van der Waals surface area (Å²) in [6, 6.07) is 5.52. The fraction of sp³-hybridized carbons (Fsp3) is 0.273. The van der Waals surface area contributed by atoms with Gasteiger partial charge in [-0.1, -0.05) is 0 Å². The molecule has 0 aliphatic carbocycles. The summed E-state index contributed by atoms with van der Waals surface area (Å²) < 4.78 is 43.6. The number of carbonyl (C=O) groups is 1. The second-order valence-corrected chi connectivity index (χ2v) is 7.69. The van der Waals surface area contributed by atoms with Crippen molar-refractivity contribution < 1.29 is 23.1 Å². The quantitative estimate of drug-likeness (QED) is 0.688. The molecule has 0 amide bonds. The van der Waals surface area contributed by atoms with Gasteiger partial charge in [0.05, 0.1) is 11.2 Å². The fourth-order valence-corrected chi connectivity index (χ4v) is 3.87. The Hall–Kier alpha value is -3.33. The Balaban J connectivity index is 1.89. The number of benzene rings is 2. The van der Waals surface area contributed by atoms with Crippen molar-refractivity contribution in [2.24, 2.45) is 0 Å². The summed E-state index contributed by atoms with van der Waals surface area (Å²) >= 11 is 0. The number of aromatic carboxylic acids is 1. The molecule has 0 bridgehead atoms. The predicted octanol–water partition coefficient (Wildman–Crippen LogP) is 2.92. The molecular weight excluding hydrogens is 411 g/mol. The van der Waals surface area contributed by atoms with Crippen LogP contribution in [0.2, 0.25) is 0 Å². The first-order valence-electron chi connectivity index (χ1n) is 9.71. The number of pyridine rings is 1. The molecule has 6 nitrogen and oxygen atoms in total. The average molecular weight is 431 g/mol. The molecule has 0 saturated carbocycles. The van der Waals surface area contributed by atoms with E-state index in [2.05, 4.69) is 4.90 Å². The molecule has 2 aromatic carbocycles. The summed E-state index contributed by atoms with van der Waals surface area (Å²) in [4.78, 5) is 28.2. The molecule has 0 spiro atoms. The lowest BCUT2D eigenvalue weighted by molar-refractivity contribution is 0.0695. The molecule has 0 radical (unpaired) electrons. The third kappa shape index (κ3) is 4.13. The third-order valence-corrected chi connectivity index (χ3v) is 5.50. The minimum absolute atomic E-state index is 0.0977. The summed E-state index contributed by atoms with van der Waals surface area (Å²) in [7, 11) is 1.97. The lowest BCUT2D eigenvalue weighted by Gasteiger charge is -2.34. The van der Waals surface area contributed by atoms with Crippen molar-refractivity contribution in [1.82, 2.24) is 9.47 Å². The zero-order valence-corrected chi connectivity index (χ0v) is 16.7. The molecule has 0 unspecified atom stereocenters. The van der Waals surface area contributed by atoms with E-state index in [9.17, 15) is 27.9 Å². The number of hydrogen-bond donors (Lipinski definition) is 1. The van der Waals surface area contributed by atoms with Crippen LogP contribution in [0.25, 0.3) is 10.9 Å². The van der Waals surface area contributed by atoms with Crippen LogP contribution in [0.15, 0.2) is 41.3 Å². The topological polar surface area (TPSA) is 65.8 Å². The molecule has 9 heteroatoms.